The molecule has 1 N–H and O–H groups in total. The third-order valence-corrected chi connectivity index (χ3v) is 10.8. The second-order valence-corrected chi connectivity index (χ2v) is 18.2. The standard InChI is InChI=1S/C48H88NO8P/c1-6-8-10-12-14-16-18-20-22-24-26-28-30-32-34-36-38-40-47(50)54-44-46(45-56-58(52,53)55-43-42-49(3,4)5)57-48(51)41-39-37-35-33-31-29-27-25-23-21-19-17-15-13-11-9-7-2/h17,19-20,22,26,28,32,34,46H,6-16,18,21,23-25,27,29-31,33,35-45H2,1-5H3/p+1/b19-17+,22-20+,28-26+,34-32+/t46-/m1/s1. The summed E-state index contributed by atoms with van der Waals surface area (Å²) in [4.78, 5) is 35.4. The van der Waals surface area contributed by atoms with Crippen LogP contribution in [0.3, 0.4) is 0 Å². The van der Waals surface area contributed by atoms with Crippen LogP contribution in [0.5, 0.6) is 0 Å². The zero-order valence-electron chi connectivity index (χ0n) is 38.0. The van der Waals surface area contributed by atoms with E-state index in [1.54, 1.807) is 0 Å². The molecule has 0 spiro atoms. The van der Waals surface area contributed by atoms with E-state index < -0.39 is 32.5 Å². The fraction of sp³-hybridized carbons (Fsp3) is 0.792. The molecule has 58 heavy (non-hydrogen) atoms. The van der Waals surface area contributed by atoms with Gasteiger partial charge in [-0.15, -0.1) is 0 Å². The van der Waals surface area contributed by atoms with Gasteiger partial charge in [0.15, 0.2) is 6.10 Å². The van der Waals surface area contributed by atoms with Crippen molar-refractivity contribution in [2.75, 3.05) is 47.5 Å². The molecule has 2 atom stereocenters. The van der Waals surface area contributed by atoms with Crippen LogP contribution in [0.1, 0.15) is 194 Å². The summed E-state index contributed by atoms with van der Waals surface area (Å²) in [6, 6.07) is 0. The molecule has 0 aromatic rings. The lowest BCUT2D eigenvalue weighted by molar-refractivity contribution is -0.870. The first-order valence-electron chi connectivity index (χ1n) is 23.4. The maximum absolute atomic E-state index is 12.7. The quantitative estimate of drug-likeness (QED) is 0.0213. The van der Waals surface area contributed by atoms with Gasteiger partial charge in [0.05, 0.1) is 27.7 Å². The Kier molecular flexibility index (Phi) is 39.0. The first-order chi connectivity index (χ1) is 28.0. The number of hydrogen-bond donors (Lipinski definition) is 1. The Morgan fingerprint density at radius 1 is 0.534 bits per heavy atom. The lowest BCUT2D eigenvalue weighted by atomic mass is 10.1. The first kappa shape index (κ1) is 56.0. The molecular formula is C48H89NO8P+. The number of carbonyl (C=O) groups is 2. The number of rotatable bonds is 42. The number of carbonyl (C=O) groups excluding carboxylic acids is 2. The zero-order valence-corrected chi connectivity index (χ0v) is 38.9. The minimum Gasteiger partial charge on any atom is -0.462 e. The van der Waals surface area contributed by atoms with E-state index >= 15 is 0 Å². The van der Waals surface area contributed by atoms with Gasteiger partial charge in [0.1, 0.15) is 19.8 Å². The highest BCUT2D eigenvalue weighted by Gasteiger charge is 2.27. The number of phosphoric ester groups is 1. The average Bonchev–Trinajstić information content (AvgIpc) is 3.17. The molecule has 0 saturated carbocycles. The van der Waals surface area contributed by atoms with Crippen LogP contribution in [0, 0.1) is 0 Å². The molecule has 0 aliphatic carbocycles. The molecule has 9 nitrogen and oxygen atoms in total. The molecule has 0 saturated heterocycles. The number of esters is 2. The number of hydrogen-bond acceptors (Lipinski definition) is 7. The van der Waals surface area contributed by atoms with E-state index in [1.807, 2.05) is 21.1 Å². The Bertz CT molecular complexity index is 1130. The average molecular weight is 839 g/mol. The third-order valence-electron chi connectivity index (χ3n) is 9.83. The van der Waals surface area contributed by atoms with Crippen molar-refractivity contribution in [1.29, 1.82) is 0 Å². The summed E-state index contributed by atoms with van der Waals surface area (Å²) in [7, 11) is 1.45. The minimum atomic E-state index is -4.39. The fourth-order valence-electron chi connectivity index (χ4n) is 6.14. The third kappa shape index (κ3) is 43.5. The van der Waals surface area contributed by atoms with Crippen LogP contribution in [0.4, 0.5) is 0 Å². The van der Waals surface area contributed by atoms with Crippen LogP contribution in [-0.2, 0) is 32.7 Å². The van der Waals surface area contributed by atoms with Gasteiger partial charge in [-0.05, 0) is 70.6 Å². The lowest BCUT2D eigenvalue weighted by Gasteiger charge is -2.24. The van der Waals surface area contributed by atoms with Crippen LogP contribution in [0.2, 0.25) is 0 Å². The lowest BCUT2D eigenvalue weighted by Crippen LogP contribution is -2.37. The molecule has 0 heterocycles. The maximum atomic E-state index is 12.7. The van der Waals surface area contributed by atoms with Crippen LogP contribution in [0.25, 0.3) is 0 Å². The van der Waals surface area contributed by atoms with Crippen LogP contribution in [0.15, 0.2) is 48.6 Å². The van der Waals surface area contributed by atoms with E-state index in [9.17, 15) is 19.0 Å². The number of unbranched alkanes of at least 4 members (excludes halogenated alkanes) is 20. The molecule has 0 aromatic carbocycles. The van der Waals surface area contributed by atoms with E-state index in [-0.39, 0.29) is 26.1 Å². The van der Waals surface area contributed by atoms with E-state index in [0.29, 0.717) is 23.9 Å². The summed E-state index contributed by atoms with van der Waals surface area (Å²) in [6.45, 7) is 4.35. The molecule has 0 rings (SSSR count). The van der Waals surface area contributed by atoms with Crippen molar-refractivity contribution in [3.63, 3.8) is 0 Å². The van der Waals surface area contributed by atoms with Gasteiger partial charge in [-0.1, -0.05) is 159 Å². The second kappa shape index (κ2) is 40.4. The summed E-state index contributed by atoms with van der Waals surface area (Å²) < 4.78 is 34.3. The number of phosphoric acid groups is 1. The normalized spacial score (nSPS) is 14.0. The Balaban J connectivity index is 4.40. The van der Waals surface area contributed by atoms with E-state index in [2.05, 4.69) is 62.5 Å². The number of likely N-dealkylation sites (N-methyl/N-ethyl adjacent to an activating group) is 1. The molecule has 0 fully saturated rings. The highest BCUT2D eigenvalue weighted by atomic mass is 31.2. The second-order valence-electron chi connectivity index (χ2n) is 16.8. The van der Waals surface area contributed by atoms with Gasteiger partial charge in [0.25, 0.3) is 0 Å². The highest BCUT2D eigenvalue weighted by Crippen LogP contribution is 2.43. The zero-order chi connectivity index (χ0) is 42.8. The Morgan fingerprint density at radius 2 is 0.948 bits per heavy atom. The van der Waals surface area contributed by atoms with Crippen molar-refractivity contribution in [2.45, 2.75) is 200 Å². The van der Waals surface area contributed by atoms with E-state index in [1.165, 1.54) is 109 Å². The van der Waals surface area contributed by atoms with Crippen molar-refractivity contribution < 1.29 is 42.1 Å². The molecule has 0 radical (unpaired) electrons. The fourth-order valence-corrected chi connectivity index (χ4v) is 6.88. The molecule has 0 aliphatic rings. The van der Waals surface area contributed by atoms with Crippen molar-refractivity contribution in [3.8, 4) is 0 Å². The van der Waals surface area contributed by atoms with Gasteiger partial charge < -0.3 is 18.9 Å². The van der Waals surface area contributed by atoms with Gasteiger partial charge in [-0.25, -0.2) is 4.57 Å². The van der Waals surface area contributed by atoms with Gasteiger partial charge in [0, 0.05) is 12.8 Å². The van der Waals surface area contributed by atoms with Crippen molar-refractivity contribution >= 4 is 19.8 Å². The monoisotopic (exact) mass is 839 g/mol. The number of quaternary nitrogens is 1. The Labute approximate surface area is 356 Å². The molecule has 10 heteroatoms. The Hall–Kier alpha value is -2.03. The predicted molar refractivity (Wildman–Crippen MR) is 243 cm³/mol. The van der Waals surface area contributed by atoms with Crippen LogP contribution >= 0.6 is 7.82 Å². The number of nitrogens with zero attached hydrogens (tertiary/aromatic N) is 1. The molecule has 0 amide bonds. The van der Waals surface area contributed by atoms with Crippen molar-refractivity contribution in [2.24, 2.45) is 0 Å². The smallest absolute Gasteiger partial charge is 0.462 e. The van der Waals surface area contributed by atoms with Gasteiger partial charge >= 0.3 is 19.8 Å². The molecule has 338 valence electrons. The van der Waals surface area contributed by atoms with Crippen molar-refractivity contribution in [3.05, 3.63) is 48.6 Å². The van der Waals surface area contributed by atoms with Crippen LogP contribution < -0.4 is 0 Å². The van der Waals surface area contributed by atoms with Crippen molar-refractivity contribution in [1.82, 2.24) is 0 Å². The highest BCUT2D eigenvalue weighted by molar-refractivity contribution is 7.47. The molecular weight excluding hydrogens is 750 g/mol. The molecule has 0 bridgehead atoms. The minimum absolute atomic E-state index is 0.0229. The number of allylic oxidation sites excluding steroid dienone is 8. The SMILES string of the molecule is CCCCCC/C=C/CCCCCCCCCCCC(=O)O[C@H](COC(=O)CCC/C=C/C/C=C/C/C=C/CCCCCCCC)COP(=O)(O)OCC[N+](C)(C)C. The molecule has 0 aliphatic heterocycles. The first-order valence-corrected chi connectivity index (χ1v) is 24.9. The largest absolute Gasteiger partial charge is 0.472 e. The predicted octanol–water partition coefficient (Wildman–Crippen LogP) is 13.5. The summed E-state index contributed by atoms with van der Waals surface area (Å²) in [5.74, 6) is -0.861. The maximum Gasteiger partial charge on any atom is 0.472 e. The van der Waals surface area contributed by atoms with E-state index in [4.69, 9.17) is 18.5 Å². The van der Waals surface area contributed by atoms with Gasteiger partial charge in [0.2, 0.25) is 0 Å². The topological polar surface area (TPSA) is 108 Å². The summed E-state index contributed by atoms with van der Waals surface area (Å²) in [6.07, 6.45) is 47.3. The number of ether oxygens (including phenoxy) is 2. The summed E-state index contributed by atoms with van der Waals surface area (Å²) in [5, 5.41) is 0. The summed E-state index contributed by atoms with van der Waals surface area (Å²) in [5.41, 5.74) is 0. The van der Waals surface area contributed by atoms with Crippen LogP contribution in [-0.4, -0.2) is 74.9 Å². The Morgan fingerprint density at radius 3 is 1.47 bits per heavy atom. The summed E-state index contributed by atoms with van der Waals surface area (Å²) >= 11 is 0. The van der Waals surface area contributed by atoms with E-state index in [0.717, 1.165) is 44.9 Å². The van der Waals surface area contributed by atoms with Gasteiger partial charge in [-0.3, -0.25) is 18.6 Å². The van der Waals surface area contributed by atoms with Gasteiger partial charge in [-0.2, -0.15) is 0 Å². The molecule has 1 unspecified atom stereocenters. The molecule has 0 aromatic heterocycles.